The highest BCUT2D eigenvalue weighted by molar-refractivity contribution is 6.14. The molecule has 0 saturated carbocycles. The first-order valence-corrected chi connectivity index (χ1v) is 9.92. The Balaban J connectivity index is 1.52. The van der Waals surface area contributed by atoms with Gasteiger partial charge in [-0.15, -0.1) is 0 Å². The third kappa shape index (κ3) is 4.46. The van der Waals surface area contributed by atoms with Crippen LogP contribution in [-0.4, -0.2) is 16.7 Å². The van der Waals surface area contributed by atoms with Crippen LogP contribution < -0.4 is 0 Å². The van der Waals surface area contributed by atoms with Crippen molar-refractivity contribution in [1.29, 1.82) is 0 Å². The monoisotopic (exact) mass is 411 g/mol. The highest BCUT2D eigenvalue weighted by Crippen LogP contribution is 2.23. The number of nitrogens with zero attached hydrogens (tertiary/aromatic N) is 1. The number of rotatable bonds is 6. The lowest BCUT2D eigenvalue weighted by atomic mass is 9.98. The van der Waals surface area contributed by atoms with Gasteiger partial charge in [0.05, 0.1) is 5.56 Å². The van der Waals surface area contributed by atoms with Crippen molar-refractivity contribution in [3.05, 3.63) is 113 Å². The molecular weight excluding hydrogens is 390 g/mol. The molecule has 0 aliphatic rings. The van der Waals surface area contributed by atoms with Crippen LogP contribution >= 0.6 is 0 Å². The zero-order valence-corrected chi connectivity index (χ0v) is 17.3. The van der Waals surface area contributed by atoms with Crippen molar-refractivity contribution in [3.8, 4) is 11.5 Å². The summed E-state index contributed by atoms with van der Waals surface area (Å²) in [6.07, 6.45) is 0. The summed E-state index contributed by atoms with van der Waals surface area (Å²) < 4.78 is 11.2. The van der Waals surface area contributed by atoms with Gasteiger partial charge in [0.15, 0.2) is 5.78 Å². The number of carbonyl (C=O) groups excluding carboxylic acids is 2. The van der Waals surface area contributed by atoms with E-state index in [1.54, 1.807) is 43.3 Å². The van der Waals surface area contributed by atoms with Crippen molar-refractivity contribution >= 4 is 11.8 Å². The summed E-state index contributed by atoms with van der Waals surface area (Å²) in [6.45, 7) is 3.68. The van der Waals surface area contributed by atoms with Gasteiger partial charge >= 0.3 is 5.97 Å². The number of ketones is 1. The molecule has 0 radical (unpaired) electrons. The van der Waals surface area contributed by atoms with E-state index in [0.717, 1.165) is 11.1 Å². The summed E-state index contributed by atoms with van der Waals surface area (Å²) in [5.74, 6) is 0.242. The number of hydrogen-bond donors (Lipinski definition) is 0. The van der Waals surface area contributed by atoms with Crippen molar-refractivity contribution in [2.75, 3.05) is 0 Å². The number of carbonyl (C=O) groups is 2. The van der Waals surface area contributed by atoms with Crippen LogP contribution in [-0.2, 0) is 11.3 Å². The normalized spacial score (nSPS) is 10.6. The first-order chi connectivity index (χ1) is 15.0. The number of ether oxygens (including phenoxy) is 1. The van der Waals surface area contributed by atoms with Gasteiger partial charge in [-0.1, -0.05) is 66.2 Å². The van der Waals surface area contributed by atoms with E-state index >= 15 is 0 Å². The molecule has 1 heterocycles. The molecule has 5 nitrogen and oxygen atoms in total. The molecule has 3 aromatic carbocycles. The largest absolute Gasteiger partial charge is 0.455 e. The lowest BCUT2D eigenvalue weighted by molar-refractivity contribution is 0.0464. The first-order valence-electron chi connectivity index (χ1n) is 9.92. The molecule has 0 unspecified atom stereocenters. The number of benzene rings is 3. The fourth-order valence-corrected chi connectivity index (χ4v) is 3.20. The van der Waals surface area contributed by atoms with E-state index < -0.39 is 5.97 Å². The highest BCUT2D eigenvalue weighted by atomic mass is 16.5. The molecule has 0 spiro atoms. The Hall–Kier alpha value is -3.99. The molecule has 0 amide bonds. The number of aromatic nitrogens is 1. The SMILES string of the molecule is Cc1ccc(C(=O)c2ccccc2C(=O)OCc2nc(-c3ccccc3)oc2C)cc1. The predicted molar refractivity (Wildman–Crippen MR) is 117 cm³/mol. The van der Waals surface area contributed by atoms with Crippen LogP contribution in [0.5, 0.6) is 0 Å². The minimum Gasteiger partial charge on any atom is -0.455 e. The Morgan fingerprint density at radius 2 is 1.48 bits per heavy atom. The number of aryl methyl sites for hydroxylation is 2. The van der Waals surface area contributed by atoms with Gasteiger partial charge in [-0.2, -0.15) is 0 Å². The third-order valence-electron chi connectivity index (χ3n) is 4.96. The van der Waals surface area contributed by atoms with E-state index in [1.165, 1.54) is 0 Å². The highest BCUT2D eigenvalue weighted by Gasteiger charge is 2.20. The van der Waals surface area contributed by atoms with Gasteiger partial charge in [-0.3, -0.25) is 4.79 Å². The van der Waals surface area contributed by atoms with Crippen molar-refractivity contribution in [2.45, 2.75) is 20.5 Å². The maximum atomic E-state index is 12.9. The number of oxazole rings is 1. The second-order valence-electron chi connectivity index (χ2n) is 7.20. The first kappa shape index (κ1) is 20.3. The van der Waals surface area contributed by atoms with E-state index in [4.69, 9.17) is 9.15 Å². The summed E-state index contributed by atoms with van der Waals surface area (Å²) in [4.78, 5) is 30.2. The van der Waals surface area contributed by atoms with Gasteiger partial charge in [-0.05, 0) is 32.0 Å². The maximum absolute atomic E-state index is 12.9. The van der Waals surface area contributed by atoms with E-state index in [9.17, 15) is 9.59 Å². The van der Waals surface area contributed by atoms with Gasteiger partial charge in [0.1, 0.15) is 18.1 Å². The van der Waals surface area contributed by atoms with Gasteiger partial charge in [0.2, 0.25) is 5.89 Å². The molecular formula is C26H21NO4. The molecule has 5 heteroatoms. The van der Waals surface area contributed by atoms with Gasteiger partial charge in [0.25, 0.3) is 0 Å². The fourth-order valence-electron chi connectivity index (χ4n) is 3.20. The molecule has 31 heavy (non-hydrogen) atoms. The Morgan fingerprint density at radius 1 is 0.839 bits per heavy atom. The average molecular weight is 411 g/mol. The van der Waals surface area contributed by atoms with Crippen molar-refractivity contribution < 1.29 is 18.7 Å². The Kier molecular flexibility index (Phi) is 5.76. The Morgan fingerprint density at radius 3 is 2.19 bits per heavy atom. The molecule has 0 saturated heterocycles. The van der Waals surface area contributed by atoms with Crippen LogP contribution in [0, 0.1) is 13.8 Å². The summed E-state index contributed by atoms with van der Waals surface area (Å²) in [6, 6.07) is 23.4. The zero-order chi connectivity index (χ0) is 21.8. The molecule has 0 aliphatic heterocycles. The van der Waals surface area contributed by atoms with Crippen LogP contribution in [0.1, 0.15) is 43.3 Å². The summed E-state index contributed by atoms with van der Waals surface area (Å²) in [5, 5.41) is 0. The lowest BCUT2D eigenvalue weighted by Crippen LogP contribution is -2.13. The Labute approximate surface area is 180 Å². The molecule has 4 rings (SSSR count). The second kappa shape index (κ2) is 8.79. The molecule has 0 fully saturated rings. The third-order valence-corrected chi connectivity index (χ3v) is 4.96. The lowest BCUT2D eigenvalue weighted by Gasteiger charge is -2.09. The minimum atomic E-state index is -0.584. The number of hydrogen-bond acceptors (Lipinski definition) is 5. The molecule has 1 aromatic heterocycles. The molecule has 0 atom stereocenters. The van der Waals surface area contributed by atoms with E-state index in [-0.39, 0.29) is 18.0 Å². The summed E-state index contributed by atoms with van der Waals surface area (Å²) >= 11 is 0. The van der Waals surface area contributed by atoms with Crippen LogP contribution in [0.15, 0.2) is 83.3 Å². The second-order valence-corrected chi connectivity index (χ2v) is 7.20. The topological polar surface area (TPSA) is 69.4 Å². The van der Waals surface area contributed by atoms with E-state index in [1.807, 2.05) is 49.4 Å². The van der Waals surface area contributed by atoms with Crippen molar-refractivity contribution in [1.82, 2.24) is 4.98 Å². The predicted octanol–water partition coefficient (Wildman–Crippen LogP) is 5.55. The Bertz CT molecular complexity index is 1220. The van der Waals surface area contributed by atoms with Crippen LogP contribution in [0.2, 0.25) is 0 Å². The molecule has 0 aliphatic carbocycles. The molecule has 4 aromatic rings. The smallest absolute Gasteiger partial charge is 0.339 e. The zero-order valence-electron chi connectivity index (χ0n) is 17.3. The van der Waals surface area contributed by atoms with Crippen LogP contribution in [0.3, 0.4) is 0 Å². The van der Waals surface area contributed by atoms with Crippen LogP contribution in [0.4, 0.5) is 0 Å². The summed E-state index contributed by atoms with van der Waals surface area (Å²) in [7, 11) is 0. The van der Waals surface area contributed by atoms with Gasteiger partial charge in [0, 0.05) is 16.7 Å². The molecule has 0 N–H and O–H groups in total. The fraction of sp³-hybridized carbons (Fsp3) is 0.115. The van der Waals surface area contributed by atoms with E-state index in [0.29, 0.717) is 28.5 Å². The van der Waals surface area contributed by atoms with Crippen LogP contribution in [0.25, 0.3) is 11.5 Å². The number of esters is 1. The van der Waals surface area contributed by atoms with Crippen molar-refractivity contribution in [3.63, 3.8) is 0 Å². The van der Waals surface area contributed by atoms with E-state index in [2.05, 4.69) is 4.98 Å². The molecule has 154 valence electrons. The maximum Gasteiger partial charge on any atom is 0.339 e. The molecule has 0 bridgehead atoms. The minimum absolute atomic E-state index is 0.0476. The van der Waals surface area contributed by atoms with Crippen molar-refractivity contribution in [2.24, 2.45) is 0 Å². The standard InChI is InChI=1S/C26H21NO4/c1-17-12-14-19(15-13-17)24(28)21-10-6-7-11-22(21)26(29)30-16-23-18(2)31-25(27-23)20-8-4-3-5-9-20/h3-15H,16H2,1-2H3. The summed E-state index contributed by atoms with van der Waals surface area (Å²) in [5.41, 5.74) is 3.48. The van der Waals surface area contributed by atoms with Gasteiger partial charge in [-0.25, -0.2) is 9.78 Å². The van der Waals surface area contributed by atoms with Gasteiger partial charge < -0.3 is 9.15 Å². The quantitative estimate of drug-likeness (QED) is 0.307. The average Bonchev–Trinajstić information content (AvgIpc) is 3.18.